The molecule has 0 spiro atoms. The molecule has 0 saturated carbocycles. The molecule has 0 aliphatic heterocycles. The summed E-state index contributed by atoms with van der Waals surface area (Å²) in [7, 11) is 1.85. The lowest BCUT2D eigenvalue weighted by molar-refractivity contribution is 0.0748. The summed E-state index contributed by atoms with van der Waals surface area (Å²) in [6, 6.07) is 3.89. The minimum Gasteiger partial charge on any atom is -0.384 e. The summed E-state index contributed by atoms with van der Waals surface area (Å²) in [6.07, 6.45) is 3.00. The molecule has 0 saturated heterocycles. The molecule has 0 bridgehead atoms. The molecule has 19 heavy (non-hydrogen) atoms. The van der Waals surface area contributed by atoms with E-state index in [4.69, 9.17) is 5.11 Å². The molecule has 5 heteroatoms. The van der Waals surface area contributed by atoms with Gasteiger partial charge in [-0.15, -0.1) is 11.3 Å². The van der Waals surface area contributed by atoms with Gasteiger partial charge in [0.2, 0.25) is 0 Å². The Balaban J connectivity index is 2.78. The van der Waals surface area contributed by atoms with E-state index in [1.807, 2.05) is 18.0 Å². The van der Waals surface area contributed by atoms with Gasteiger partial charge < -0.3 is 10.0 Å². The van der Waals surface area contributed by atoms with Crippen LogP contribution >= 0.6 is 23.1 Å². The predicted octanol–water partition coefficient (Wildman–Crippen LogP) is 2.31. The van der Waals surface area contributed by atoms with Crippen molar-refractivity contribution >= 4 is 29.0 Å². The zero-order chi connectivity index (χ0) is 14.3. The van der Waals surface area contributed by atoms with Crippen molar-refractivity contribution in [2.24, 2.45) is 0 Å². The zero-order valence-corrected chi connectivity index (χ0v) is 13.1. The van der Waals surface area contributed by atoms with Gasteiger partial charge in [-0.25, -0.2) is 0 Å². The minimum atomic E-state index is -0.160. The number of amides is 1. The smallest absolute Gasteiger partial charge is 0.263 e. The van der Waals surface area contributed by atoms with Gasteiger partial charge in [0, 0.05) is 18.8 Å². The molecule has 1 rings (SSSR count). The average molecular weight is 297 g/mol. The molecule has 1 unspecified atom stereocenters. The van der Waals surface area contributed by atoms with E-state index in [0.717, 1.165) is 17.1 Å². The summed E-state index contributed by atoms with van der Waals surface area (Å²) in [6.45, 7) is 1.93. The third-order valence-electron chi connectivity index (χ3n) is 2.81. The molecule has 1 aromatic rings. The molecule has 1 aromatic heterocycles. The van der Waals surface area contributed by atoms with Gasteiger partial charge in [0.25, 0.3) is 5.91 Å². The fraction of sp³-hybridized carbons (Fsp3) is 0.500. The average Bonchev–Trinajstić information content (AvgIpc) is 2.89. The molecule has 1 heterocycles. The van der Waals surface area contributed by atoms with Gasteiger partial charge in [0.05, 0.1) is 9.75 Å². The van der Waals surface area contributed by atoms with Crippen molar-refractivity contribution in [3.05, 3.63) is 21.9 Å². The number of aliphatic hydroxyl groups excluding tert-OH is 1. The van der Waals surface area contributed by atoms with Gasteiger partial charge in [0.15, 0.2) is 0 Å². The van der Waals surface area contributed by atoms with Gasteiger partial charge in [-0.1, -0.05) is 18.8 Å². The lowest BCUT2D eigenvalue weighted by Crippen LogP contribution is -2.37. The Hall–Kier alpha value is -0.960. The number of hydrogen-bond donors (Lipinski definition) is 1. The first-order valence-corrected chi connectivity index (χ1v) is 8.30. The molecule has 0 aliphatic rings. The first-order chi connectivity index (χ1) is 9.13. The molecule has 1 N–H and O–H groups in total. The molecule has 0 fully saturated rings. The van der Waals surface area contributed by atoms with E-state index in [-0.39, 0.29) is 18.6 Å². The lowest BCUT2D eigenvalue weighted by atomic mass is 10.2. The van der Waals surface area contributed by atoms with Crippen LogP contribution < -0.4 is 0 Å². The van der Waals surface area contributed by atoms with Gasteiger partial charge in [-0.05, 0) is 24.8 Å². The van der Waals surface area contributed by atoms with Crippen LogP contribution in [0.1, 0.15) is 27.9 Å². The van der Waals surface area contributed by atoms with E-state index in [1.54, 1.807) is 17.8 Å². The number of thiophene rings is 1. The van der Waals surface area contributed by atoms with E-state index in [1.165, 1.54) is 11.3 Å². The van der Waals surface area contributed by atoms with Crippen LogP contribution in [0.15, 0.2) is 12.1 Å². The molecule has 0 radical (unpaired) electrons. The Morgan fingerprint density at radius 3 is 2.89 bits per heavy atom. The monoisotopic (exact) mass is 297 g/mol. The predicted molar refractivity (Wildman–Crippen MR) is 82.8 cm³/mol. The van der Waals surface area contributed by atoms with Gasteiger partial charge in [-0.2, -0.15) is 11.8 Å². The first kappa shape index (κ1) is 16.1. The highest BCUT2D eigenvalue weighted by Gasteiger charge is 2.20. The summed E-state index contributed by atoms with van der Waals surface area (Å²) < 4.78 is 0. The zero-order valence-electron chi connectivity index (χ0n) is 11.5. The maximum absolute atomic E-state index is 12.3. The highest BCUT2D eigenvalue weighted by molar-refractivity contribution is 7.98. The van der Waals surface area contributed by atoms with Gasteiger partial charge in [-0.3, -0.25) is 4.79 Å². The van der Waals surface area contributed by atoms with Crippen LogP contribution in [0.3, 0.4) is 0 Å². The number of rotatable bonds is 5. The van der Waals surface area contributed by atoms with E-state index >= 15 is 0 Å². The van der Waals surface area contributed by atoms with Crippen molar-refractivity contribution in [2.45, 2.75) is 19.4 Å². The number of hydrogen-bond acceptors (Lipinski definition) is 4. The molecule has 1 amide bonds. The fourth-order valence-electron chi connectivity index (χ4n) is 1.68. The molecule has 104 valence electrons. The van der Waals surface area contributed by atoms with E-state index in [9.17, 15) is 4.79 Å². The molecular formula is C14H19NO2S2. The summed E-state index contributed by atoms with van der Waals surface area (Å²) >= 11 is 3.12. The Labute approximate surface area is 123 Å². The Morgan fingerprint density at radius 1 is 1.58 bits per heavy atom. The van der Waals surface area contributed by atoms with Crippen LogP contribution in [-0.2, 0) is 0 Å². The summed E-state index contributed by atoms with van der Waals surface area (Å²) in [4.78, 5) is 15.7. The number of nitrogens with zero attached hydrogens (tertiary/aromatic N) is 1. The number of thioether (sulfide) groups is 1. The minimum absolute atomic E-state index is 0.0444. The maximum Gasteiger partial charge on any atom is 0.263 e. The molecule has 0 aromatic carbocycles. The number of carbonyl (C=O) groups excluding carboxylic acids is 1. The number of aliphatic hydroxyl groups is 1. The molecule has 3 nitrogen and oxygen atoms in total. The van der Waals surface area contributed by atoms with Crippen molar-refractivity contribution in [1.82, 2.24) is 4.90 Å². The van der Waals surface area contributed by atoms with Gasteiger partial charge >= 0.3 is 0 Å². The molecule has 1 atom stereocenters. The highest BCUT2D eigenvalue weighted by Crippen LogP contribution is 2.19. The van der Waals surface area contributed by atoms with Crippen LogP contribution in [0.2, 0.25) is 0 Å². The number of carbonyl (C=O) groups is 1. The van der Waals surface area contributed by atoms with Crippen LogP contribution in [-0.4, -0.2) is 47.6 Å². The van der Waals surface area contributed by atoms with Crippen molar-refractivity contribution in [1.29, 1.82) is 0 Å². The maximum atomic E-state index is 12.3. The van der Waals surface area contributed by atoms with Crippen LogP contribution in [0, 0.1) is 11.8 Å². The Bertz CT molecular complexity index is 473. The second kappa shape index (κ2) is 8.26. The van der Waals surface area contributed by atoms with E-state index in [2.05, 4.69) is 25.0 Å². The third kappa shape index (κ3) is 4.57. The van der Waals surface area contributed by atoms with Crippen LogP contribution in [0.4, 0.5) is 0 Å². The van der Waals surface area contributed by atoms with E-state index < -0.39 is 0 Å². The molecular weight excluding hydrogens is 278 g/mol. The second-order valence-electron chi connectivity index (χ2n) is 4.06. The lowest BCUT2D eigenvalue weighted by Gasteiger charge is -2.26. The van der Waals surface area contributed by atoms with Crippen molar-refractivity contribution in [3.8, 4) is 11.8 Å². The Morgan fingerprint density at radius 2 is 2.32 bits per heavy atom. The second-order valence-corrected chi connectivity index (χ2v) is 6.05. The molecule has 0 aliphatic carbocycles. The SMILES string of the molecule is CCC(CSC)N(C)C(=O)c1ccc(C#CCO)s1. The topological polar surface area (TPSA) is 40.5 Å². The van der Waals surface area contributed by atoms with Crippen molar-refractivity contribution in [2.75, 3.05) is 25.7 Å². The Kier molecular flexibility index (Phi) is 7.00. The largest absolute Gasteiger partial charge is 0.384 e. The van der Waals surface area contributed by atoms with Crippen LogP contribution in [0.25, 0.3) is 0 Å². The van der Waals surface area contributed by atoms with Gasteiger partial charge in [0.1, 0.15) is 6.61 Å². The van der Waals surface area contributed by atoms with Crippen molar-refractivity contribution < 1.29 is 9.90 Å². The quantitative estimate of drug-likeness (QED) is 0.848. The fourth-order valence-corrected chi connectivity index (χ4v) is 3.39. The van der Waals surface area contributed by atoms with Crippen LogP contribution in [0.5, 0.6) is 0 Å². The highest BCUT2D eigenvalue weighted by atomic mass is 32.2. The summed E-state index contributed by atoms with van der Waals surface area (Å²) in [5, 5.41) is 8.65. The summed E-state index contributed by atoms with van der Waals surface area (Å²) in [5.41, 5.74) is 0. The summed E-state index contributed by atoms with van der Waals surface area (Å²) in [5.74, 6) is 6.40. The van der Waals surface area contributed by atoms with E-state index in [0.29, 0.717) is 4.88 Å². The van der Waals surface area contributed by atoms with Crippen molar-refractivity contribution in [3.63, 3.8) is 0 Å². The first-order valence-electron chi connectivity index (χ1n) is 6.09. The normalized spacial score (nSPS) is 11.6. The third-order valence-corrected chi connectivity index (χ3v) is 4.51. The standard InChI is InChI=1S/C14H19NO2S2/c1-4-11(10-18-3)15(2)14(17)13-8-7-12(19-13)6-5-9-16/h7-8,11,16H,4,9-10H2,1-3H3.